The van der Waals surface area contributed by atoms with E-state index in [9.17, 15) is 0 Å². The van der Waals surface area contributed by atoms with E-state index in [-0.39, 0.29) is 6.04 Å². The molecule has 0 spiro atoms. The van der Waals surface area contributed by atoms with Crippen molar-refractivity contribution in [2.45, 2.75) is 32.7 Å². The highest BCUT2D eigenvalue weighted by Gasteiger charge is 2.24. The summed E-state index contributed by atoms with van der Waals surface area (Å²) in [6.45, 7) is 5.99. The number of H-pyrrole nitrogens is 1. The predicted molar refractivity (Wildman–Crippen MR) is 82.9 cm³/mol. The van der Waals surface area contributed by atoms with Crippen LogP contribution in [0.4, 0.5) is 5.95 Å². The largest absolute Gasteiger partial charge is 0.340 e. The molecule has 0 aliphatic carbocycles. The number of aromatic nitrogens is 4. The van der Waals surface area contributed by atoms with Gasteiger partial charge in [-0.3, -0.25) is 5.10 Å². The molecule has 3 heterocycles. The van der Waals surface area contributed by atoms with E-state index in [0.29, 0.717) is 5.92 Å². The summed E-state index contributed by atoms with van der Waals surface area (Å²) in [7, 11) is 0. The molecule has 0 amide bonds. The molecule has 0 bridgehead atoms. The number of nitrogens with one attached hydrogen (secondary N) is 1. The Hall–Kier alpha value is -1.95. The van der Waals surface area contributed by atoms with Crippen molar-refractivity contribution in [1.29, 1.82) is 0 Å². The molecule has 0 aromatic carbocycles. The van der Waals surface area contributed by atoms with Gasteiger partial charge in [-0.1, -0.05) is 6.07 Å². The number of rotatable bonds is 3. The summed E-state index contributed by atoms with van der Waals surface area (Å²) in [5, 5.41) is 7.32. The molecule has 1 unspecified atom stereocenters. The van der Waals surface area contributed by atoms with Gasteiger partial charge in [-0.15, -0.1) is 5.10 Å². The summed E-state index contributed by atoms with van der Waals surface area (Å²) < 4.78 is 0. The van der Waals surface area contributed by atoms with Crippen molar-refractivity contribution >= 4 is 5.95 Å². The summed E-state index contributed by atoms with van der Waals surface area (Å²) in [6, 6.07) is 6.17. The molecular weight excluding hydrogens is 264 g/mol. The van der Waals surface area contributed by atoms with Gasteiger partial charge in [0.2, 0.25) is 5.95 Å². The van der Waals surface area contributed by atoms with Gasteiger partial charge in [0.15, 0.2) is 5.82 Å². The third kappa shape index (κ3) is 3.05. The molecule has 0 radical (unpaired) electrons. The minimum absolute atomic E-state index is 0.270. The second-order valence-electron chi connectivity index (χ2n) is 5.83. The molecule has 1 atom stereocenters. The maximum absolute atomic E-state index is 5.98. The van der Waals surface area contributed by atoms with E-state index in [1.807, 2.05) is 25.1 Å². The number of hydrogen-bond acceptors (Lipinski definition) is 5. The van der Waals surface area contributed by atoms with E-state index in [0.717, 1.165) is 49.1 Å². The van der Waals surface area contributed by atoms with Crippen LogP contribution in [0.2, 0.25) is 0 Å². The average molecular weight is 286 g/mol. The molecule has 2 aromatic heterocycles. The Morgan fingerprint density at radius 1 is 1.29 bits per heavy atom. The standard InChI is InChI=1S/C15H22N6/c1-10-4-3-5-13(17-10)14-18-15(20-19-14)21-8-6-12(7-9-21)11(2)16/h3-5,11-12H,6-9,16H2,1-2H3,(H,18,19,20). The monoisotopic (exact) mass is 286 g/mol. The quantitative estimate of drug-likeness (QED) is 0.898. The van der Waals surface area contributed by atoms with Crippen molar-refractivity contribution in [2.75, 3.05) is 18.0 Å². The molecular formula is C15H22N6. The van der Waals surface area contributed by atoms with E-state index < -0.39 is 0 Å². The lowest BCUT2D eigenvalue weighted by molar-refractivity contribution is 0.352. The highest BCUT2D eigenvalue weighted by Crippen LogP contribution is 2.23. The maximum Gasteiger partial charge on any atom is 0.245 e. The van der Waals surface area contributed by atoms with E-state index in [4.69, 9.17) is 5.73 Å². The van der Waals surface area contributed by atoms with E-state index in [1.165, 1.54) is 0 Å². The van der Waals surface area contributed by atoms with Crippen LogP contribution in [0.3, 0.4) is 0 Å². The van der Waals surface area contributed by atoms with E-state index in [1.54, 1.807) is 0 Å². The number of nitrogens with zero attached hydrogens (tertiary/aromatic N) is 4. The van der Waals surface area contributed by atoms with Gasteiger partial charge in [-0.2, -0.15) is 4.98 Å². The Morgan fingerprint density at radius 3 is 2.71 bits per heavy atom. The summed E-state index contributed by atoms with van der Waals surface area (Å²) in [4.78, 5) is 11.3. The topological polar surface area (TPSA) is 83.7 Å². The fourth-order valence-corrected chi connectivity index (χ4v) is 2.81. The maximum atomic E-state index is 5.98. The Bertz CT molecular complexity index is 598. The third-order valence-electron chi connectivity index (χ3n) is 4.17. The molecule has 1 aliphatic heterocycles. The summed E-state index contributed by atoms with van der Waals surface area (Å²) >= 11 is 0. The van der Waals surface area contributed by atoms with Crippen LogP contribution >= 0.6 is 0 Å². The highest BCUT2D eigenvalue weighted by molar-refractivity contribution is 5.51. The van der Waals surface area contributed by atoms with Gasteiger partial charge in [0.1, 0.15) is 5.69 Å². The van der Waals surface area contributed by atoms with Crippen molar-refractivity contribution in [1.82, 2.24) is 20.2 Å². The van der Waals surface area contributed by atoms with Gasteiger partial charge in [-0.05, 0) is 44.7 Å². The van der Waals surface area contributed by atoms with Crippen molar-refractivity contribution in [2.24, 2.45) is 11.7 Å². The fraction of sp³-hybridized carbons (Fsp3) is 0.533. The van der Waals surface area contributed by atoms with Crippen molar-refractivity contribution in [3.63, 3.8) is 0 Å². The fourth-order valence-electron chi connectivity index (χ4n) is 2.81. The van der Waals surface area contributed by atoms with Crippen LogP contribution in [-0.4, -0.2) is 39.3 Å². The molecule has 2 aromatic rings. The van der Waals surface area contributed by atoms with Gasteiger partial charge < -0.3 is 10.6 Å². The number of pyridine rings is 1. The Kier molecular flexibility index (Phi) is 3.88. The zero-order chi connectivity index (χ0) is 14.8. The van der Waals surface area contributed by atoms with Crippen LogP contribution in [0, 0.1) is 12.8 Å². The smallest absolute Gasteiger partial charge is 0.245 e. The Labute approximate surface area is 124 Å². The van der Waals surface area contributed by atoms with Gasteiger partial charge in [0.25, 0.3) is 0 Å². The second kappa shape index (κ2) is 5.81. The lowest BCUT2D eigenvalue weighted by Gasteiger charge is -2.32. The molecule has 112 valence electrons. The number of aryl methyl sites for hydroxylation is 1. The average Bonchev–Trinajstić information content (AvgIpc) is 2.97. The zero-order valence-electron chi connectivity index (χ0n) is 12.6. The molecule has 1 aliphatic rings. The SMILES string of the molecule is Cc1cccc(-c2nc(N3CCC(C(C)N)CC3)n[nH]2)n1. The van der Waals surface area contributed by atoms with Gasteiger partial charge in [0, 0.05) is 24.8 Å². The normalized spacial score (nSPS) is 18.0. The first-order valence-corrected chi connectivity index (χ1v) is 7.50. The van der Waals surface area contributed by atoms with Gasteiger partial charge in [-0.25, -0.2) is 4.98 Å². The van der Waals surface area contributed by atoms with E-state index >= 15 is 0 Å². The molecule has 6 heteroatoms. The summed E-state index contributed by atoms with van der Waals surface area (Å²) in [6.07, 6.45) is 2.20. The minimum atomic E-state index is 0.270. The summed E-state index contributed by atoms with van der Waals surface area (Å²) in [5.74, 6) is 2.09. The molecule has 1 saturated heterocycles. The molecule has 3 rings (SSSR count). The number of piperidine rings is 1. The first-order valence-electron chi connectivity index (χ1n) is 7.50. The number of nitrogens with two attached hydrogens (primary N) is 1. The molecule has 1 fully saturated rings. The summed E-state index contributed by atoms with van der Waals surface area (Å²) in [5.41, 5.74) is 7.79. The Balaban J connectivity index is 1.71. The molecule has 6 nitrogen and oxygen atoms in total. The van der Waals surface area contributed by atoms with Crippen molar-refractivity contribution in [3.8, 4) is 11.5 Å². The van der Waals surface area contributed by atoms with Gasteiger partial charge >= 0.3 is 0 Å². The van der Waals surface area contributed by atoms with Crippen LogP contribution in [-0.2, 0) is 0 Å². The van der Waals surface area contributed by atoms with Crippen molar-refractivity contribution in [3.05, 3.63) is 23.9 Å². The molecule has 3 N–H and O–H groups in total. The molecule has 21 heavy (non-hydrogen) atoms. The zero-order valence-corrected chi connectivity index (χ0v) is 12.6. The van der Waals surface area contributed by atoms with Crippen LogP contribution < -0.4 is 10.6 Å². The van der Waals surface area contributed by atoms with Crippen LogP contribution in [0.1, 0.15) is 25.5 Å². The number of anilines is 1. The van der Waals surface area contributed by atoms with Crippen molar-refractivity contribution < 1.29 is 0 Å². The van der Waals surface area contributed by atoms with Gasteiger partial charge in [0.05, 0.1) is 0 Å². The lowest BCUT2D eigenvalue weighted by atomic mass is 9.91. The predicted octanol–water partition coefficient (Wildman–Crippen LogP) is 1.74. The van der Waals surface area contributed by atoms with E-state index in [2.05, 4.69) is 32.0 Å². The number of hydrogen-bond donors (Lipinski definition) is 2. The highest BCUT2D eigenvalue weighted by atomic mass is 15.4. The first-order chi connectivity index (χ1) is 10.1. The number of aromatic amines is 1. The first kappa shape index (κ1) is 14.0. The minimum Gasteiger partial charge on any atom is -0.340 e. The van der Waals surface area contributed by atoms with Crippen LogP contribution in [0.15, 0.2) is 18.2 Å². The third-order valence-corrected chi connectivity index (χ3v) is 4.17. The van der Waals surface area contributed by atoms with Crippen LogP contribution in [0.25, 0.3) is 11.5 Å². The molecule has 0 saturated carbocycles. The Morgan fingerprint density at radius 2 is 2.05 bits per heavy atom. The van der Waals surface area contributed by atoms with Crippen LogP contribution in [0.5, 0.6) is 0 Å². The lowest BCUT2D eigenvalue weighted by Crippen LogP contribution is -2.40. The second-order valence-corrected chi connectivity index (χ2v) is 5.83.